The van der Waals surface area contributed by atoms with Gasteiger partial charge in [0.2, 0.25) is 11.8 Å². The van der Waals surface area contributed by atoms with Crippen LogP contribution in [0.5, 0.6) is 5.75 Å². The summed E-state index contributed by atoms with van der Waals surface area (Å²) >= 11 is 0.815. The van der Waals surface area contributed by atoms with Crippen molar-refractivity contribution in [3.05, 3.63) is 51.1 Å². The molecule has 8 atom stereocenters. The van der Waals surface area contributed by atoms with E-state index in [0.29, 0.717) is 0 Å². The smallest absolute Gasteiger partial charge is 0.317 e. The highest BCUT2D eigenvalue weighted by Gasteiger charge is 2.47. The molecule has 1 aromatic carbocycles. The van der Waals surface area contributed by atoms with Crippen LogP contribution in [0.25, 0.3) is 11.2 Å². The number of aliphatic hydroxyl groups is 2. The van der Waals surface area contributed by atoms with Gasteiger partial charge in [-0.1, -0.05) is 32.5 Å². The predicted octanol–water partition coefficient (Wildman–Crippen LogP) is -2.33. The number of nitro benzene ring substituents is 2. The fraction of sp³-hybridized carbons (Fsp3) is 0.548. The average Bonchev–Trinajstić information content (AvgIpc) is 3.79. The number of rotatable bonds is 25. The summed E-state index contributed by atoms with van der Waals surface area (Å²) in [6.45, 7) is 0.784. The number of hydrogen-bond acceptors (Lipinski definition) is 27. The number of nitrogens with one attached hydrogen (secondary N) is 2. The van der Waals surface area contributed by atoms with Crippen LogP contribution >= 0.6 is 35.2 Å². The van der Waals surface area contributed by atoms with E-state index in [-0.39, 0.29) is 54.6 Å². The van der Waals surface area contributed by atoms with Gasteiger partial charge in [0.15, 0.2) is 28.6 Å². The van der Waals surface area contributed by atoms with Gasteiger partial charge >= 0.3 is 5.69 Å². The number of benzene rings is 1. The Morgan fingerprint density at radius 1 is 1.03 bits per heavy atom. The molecular formula is C31H40N9O22P3S-4. The van der Waals surface area contributed by atoms with E-state index in [1.165, 1.54) is 6.92 Å². The summed E-state index contributed by atoms with van der Waals surface area (Å²) in [5, 5.41) is 47.9. The monoisotopic (exact) mass is 1020 g/mol. The van der Waals surface area contributed by atoms with Gasteiger partial charge in [-0.3, -0.25) is 48.3 Å². The number of amides is 2. The number of ether oxygens (including phenoxy) is 2. The number of nitrogens with zero attached hydrogens (tertiary/aromatic N) is 6. The van der Waals surface area contributed by atoms with Gasteiger partial charge < -0.3 is 73.8 Å². The van der Waals surface area contributed by atoms with Gasteiger partial charge in [-0.15, -0.1) is 0 Å². The van der Waals surface area contributed by atoms with Gasteiger partial charge in [-0.05, 0) is 6.07 Å². The van der Waals surface area contributed by atoms with Crippen LogP contribution < -0.4 is 40.7 Å². The number of nitrogen functional groups attached to an aromatic ring is 1. The lowest BCUT2D eigenvalue weighted by atomic mass is 9.87. The summed E-state index contributed by atoms with van der Waals surface area (Å²) in [7, 11) is -17.7. The minimum absolute atomic E-state index is 0.00843. The van der Waals surface area contributed by atoms with Gasteiger partial charge in [-0.2, -0.15) is 0 Å². The minimum Gasteiger partial charge on any atom is -0.790 e. The van der Waals surface area contributed by atoms with Crippen LogP contribution in [0.2, 0.25) is 0 Å². The molecule has 1 fully saturated rings. The third kappa shape index (κ3) is 15.2. The molecule has 366 valence electrons. The van der Waals surface area contributed by atoms with E-state index in [1.54, 1.807) is 0 Å². The Morgan fingerprint density at radius 2 is 1.71 bits per heavy atom. The topological polar surface area (TPSA) is 470 Å². The van der Waals surface area contributed by atoms with E-state index in [4.69, 9.17) is 15.2 Å². The molecule has 8 unspecified atom stereocenters. The normalized spacial score (nSPS) is 20.4. The van der Waals surface area contributed by atoms with E-state index in [1.807, 2.05) is 0 Å². The molecule has 35 heteroatoms. The van der Waals surface area contributed by atoms with Crippen molar-refractivity contribution in [2.75, 3.05) is 44.4 Å². The fourth-order valence-electron chi connectivity index (χ4n) is 5.57. The second-order valence-electron chi connectivity index (χ2n) is 14.5. The molecular weight excluding hydrogens is 975 g/mol. The van der Waals surface area contributed by atoms with Crippen molar-refractivity contribution in [2.24, 2.45) is 11.3 Å². The van der Waals surface area contributed by atoms with Crippen molar-refractivity contribution in [1.82, 2.24) is 30.2 Å². The van der Waals surface area contributed by atoms with Crippen molar-refractivity contribution < 1.29 is 95.1 Å². The average molecular weight is 1020 g/mol. The minimum atomic E-state index is -5.97. The zero-order valence-electron chi connectivity index (χ0n) is 34.4. The molecule has 0 bridgehead atoms. The van der Waals surface area contributed by atoms with Crippen LogP contribution in [0.3, 0.4) is 0 Å². The Bertz CT molecular complexity index is 2420. The molecule has 4 rings (SSSR count). The number of anilines is 1. The summed E-state index contributed by atoms with van der Waals surface area (Å²) in [4.78, 5) is 117. The zero-order chi connectivity index (χ0) is 49.4. The second-order valence-corrected chi connectivity index (χ2v) is 19.7. The number of non-ortho nitro benzene ring substituents is 1. The number of hydrogen-bond donors (Lipinski definition) is 5. The Balaban J connectivity index is 1.18. The first-order chi connectivity index (χ1) is 30.6. The number of phosphoric acid groups is 3. The van der Waals surface area contributed by atoms with E-state index < -0.39 is 117 Å². The van der Waals surface area contributed by atoms with Crippen LogP contribution in [0.1, 0.15) is 33.4 Å². The summed E-state index contributed by atoms with van der Waals surface area (Å²) in [5.41, 5.74) is 2.77. The van der Waals surface area contributed by atoms with Crippen LogP contribution in [0.15, 0.2) is 30.9 Å². The molecule has 3 aromatic rings. The number of nitro groups is 2. The fourth-order valence-corrected chi connectivity index (χ4v) is 9.06. The van der Waals surface area contributed by atoms with Gasteiger partial charge in [0.1, 0.15) is 36.3 Å². The van der Waals surface area contributed by atoms with Crippen molar-refractivity contribution >= 4 is 80.5 Å². The maximum Gasteiger partial charge on any atom is 0.317 e. The molecule has 66 heavy (non-hydrogen) atoms. The lowest BCUT2D eigenvalue weighted by molar-refractivity contribution is -0.394. The molecule has 2 aromatic heterocycles. The molecule has 2 amide bonds. The molecule has 0 radical (unpaired) electrons. The maximum atomic E-state index is 12.6. The van der Waals surface area contributed by atoms with Crippen molar-refractivity contribution in [1.29, 1.82) is 0 Å². The SMILES string of the molecule is CC(COc1ccc([N+](=O)[O-])cc1[N+](=O)[O-])C(=O)SCCNC(=O)CCNC(=O)C(O)C(C)(C)COP(=O)([O-])OP(=O)([O-])OCC1OC(n2cnc3c(N)ncnc32)C(O)C1OP(=O)([O-])[O-]. The van der Waals surface area contributed by atoms with E-state index in [9.17, 15) is 78.1 Å². The van der Waals surface area contributed by atoms with Crippen molar-refractivity contribution in [3.63, 3.8) is 0 Å². The molecule has 1 aliphatic heterocycles. The maximum absolute atomic E-state index is 12.6. The Hall–Kier alpha value is -4.62. The Kier molecular flexibility index (Phi) is 18.4. The first-order valence-corrected chi connectivity index (χ1v) is 24.0. The lowest BCUT2D eigenvalue weighted by Gasteiger charge is -2.36. The number of aliphatic hydroxyl groups excluding tert-OH is 2. The van der Waals surface area contributed by atoms with Crippen LogP contribution in [-0.4, -0.2) is 120 Å². The highest BCUT2D eigenvalue weighted by molar-refractivity contribution is 8.13. The molecule has 1 aliphatic rings. The molecule has 0 spiro atoms. The quantitative estimate of drug-likeness (QED) is 0.0257. The number of carbonyl (C=O) groups excluding carboxylic acids is 3. The van der Waals surface area contributed by atoms with Gasteiger partial charge in [-0.25, -0.2) is 19.3 Å². The first-order valence-electron chi connectivity index (χ1n) is 18.7. The Labute approximate surface area is 375 Å². The largest absolute Gasteiger partial charge is 0.790 e. The van der Waals surface area contributed by atoms with E-state index in [0.717, 1.165) is 61.0 Å². The zero-order valence-corrected chi connectivity index (χ0v) is 37.9. The summed E-state index contributed by atoms with van der Waals surface area (Å²) in [6, 6.07) is 2.78. The van der Waals surface area contributed by atoms with E-state index >= 15 is 0 Å². The van der Waals surface area contributed by atoms with Gasteiger partial charge in [0.05, 0.1) is 55.8 Å². The molecule has 31 nitrogen and oxygen atoms in total. The van der Waals surface area contributed by atoms with Gasteiger partial charge in [0.25, 0.3) is 21.3 Å². The van der Waals surface area contributed by atoms with Gasteiger partial charge in [0, 0.05) is 36.7 Å². The Morgan fingerprint density at radius 3 is 2.36 bits per heavy atom. The van der Waals surface area contributed by atoms with Crippen LogP contribution in [0.4, 0.5) is 17.2 Å². The summed E-state index contributed by atoms with van der Waals surface area (Å²) in [6.07, 6.45) is -7.96. The lowest BCUT2D eigenvalue weighted by Crippen LogP contribution is -2.46. The number of fused-ring (bicyclic) bond motifs is 1. The number of thioether (sulfide) groups is 1. The number of nitrogens with two attached hydrogens (primary N) is 1. The van der Waals surface area contributed by atoms with Crippen LogP contribution in [-0.2, 0) is 50.7 Å². The predicted molar refractivity (Wildman–Crippen MR) is 213 cm³/mol. The number of carbonyl (C=O) groups is 3. The standard InChI is InChI=1S/C31H44N9O22P3S/c1-16(11-57-19-5-4-17(39(46)47)10-18(19)40(48)49)30(45)66-9-8-33-21(41)6-7-34-28(44)25(43)31(2,3)13-59-65(55,56)62-64(53,54)58-12-20-24(61-63(50,51)52)23(42)29(60-20)38-15-37-22-26(32)35-14-36-27(22)38/h4-5,10,14-16,20,23-25,29,42-43H,6-9,11-13H2,1-3H3,(H,33,41)(H,34,44)(H,53,54)(H,55,56)(H2,32,35,36)(H2,50,51,52)/p-4. The first kappa shape index (κ1) is 54.0. The van der Waals surface area contributed by atoms with Crippen molar-refractivity contribution in [2.45, 2.75) is 57.8 Å². The molecule has 0 aliphatic carbocycles. The summed E-state index contributed by atoms with van der Waals surface area (Å²) in [5.74, 6) is -2.74. The molecule has 0 saturated carbocycles. The number of imidazole rings is 1. The molecule has 1 saturated heterocycles. The van der Waals surface area contributed by atoms with Crippen molar-refractivity contribution in [3.8, 4) is 5.75 Å². The third-order valence-electron chi connectivity index (χ3n) is 8.96. The number of aromatic nitrogens is 4. The molecule has 3 heterocycles. The van der Waals surface area contributed by atoms with Crippen LogP contribution in [0, 0.1) is 31.6 Å². The highest BCUT2D eigenvalue weighted by Crippen LogP contribution is 2.56. The highest BCUT2D eigenvalue weighted by atomic mass is 32.2. The second kappa shape index (κ2) is 22.5. The summed E-state index contributed by atoms with van der Waals surface area (Å²) < 4.78 is 65.9. The third-order valence-corrected chi connectivity index (χ3v) is 13.1. The van der Waals surface area contributed by atoms with E-state index in [2.05, 4.69) is 43.5 Å². The number of phosphoric ester groups is 3. The molecule has 6 N–H and O–H groups in total.